The molecule has 1 unspecified atom stereocenters. The van der Waals surface area contributed by atoms with Crippen LogP contribution in [0.25, 0.3) is 11.4 Å². The Kier molecular flexibility index (Phi) is 4.67. The van der Waals surface area contributed by atoms with Crippen LogP contribution in [0, 0.1) is 0 Å². The molecule has 2 aromatic heterocycles. The van der Waals surface area contributed by atoms with Crippen LogP contribution in [0.4, 0.5) is 0 Å². The molecule has 2 heterocycles. The maximum Gasteiger partial charge on any atom is 0.441 e. The fraction of sp³-hybridized carbons (Fsp3) is 0.333. The van der Waals surface area contributed by atoms with Gasteiger partial charge in [0.25, 0.3) is 5.56 Å². The second-order valence-electron chi connectivity index (χ2n) is 6.59. The fourth-order valence-corrected chi connectivity index (χ4v) is 3.24. The van der Waals surface area contributed by atoms with E-state index in [1.54, 1.807) is 18.2 Å². The van der Waals surface area contributed by atoms with Gasteiger partial charge in [-0.05, 0) is 24.8 Å². The lowest BCUT2D eigenvalue weighted by Crippen LogP contribution is -2.34. The molecule has 4 rings (SSSR count). The molecule has 1 N–H and O–H groups in total. The third-order valence-corrected chi connectivity index (χ3v) is 4.67. The van der Waals surface area contributed by atoms with Gasteiger partial charge in [-0.15, -0.1) is 0 Å². The van der Waals surface area contributed by atoms with E-state index in [1.165, 1.54) is 4.57 Å². The summed E-state index contributed by atoms with van der Waals surface area (Å²) in [7, 11) is 0. The summed E-state index contributed by atoms with van der Waals surface area (Å²) in [6, 6.07) is 10.6. The van der Waals surface area contributed by atoms with E-state index < -0.39 is 11.9 Å². The molecule has 9 heteroatoms. The fourth-order valence-electron chi connectivity index (χ4n) is 3.03. The van der Waals surface area contributed by atoms with E-state index in [4.69, 9.17) is 16.1 Å². The minimum absolute atomic E-state index is 0.0913. The van der Waals surface area contributed by atoms with Gasteiger partial charge in [-0.2, -0.15) is 5.10 Å². The van der Waals surface area contributed by atoms with Crippen LogP contribution < -0.4 is 11.3 Å². The number of aliphatic hydroxyl groups is 1. The second-order valence-corrected chi connectivity index (χ2v) is 6.97. The molecule has 1 aliphatic carbocycles. The van der Waals surface area contributed by atoms with E-state index in [2.05, 4.69) is 10.3 Å². The number of aromatic nitrogens is 4. The van der Waals surface area contributed by atoms with Crippen LogP contribution >= 0.6 is 11.6 Å². The minimum atomic E-state index is -1.06. The first-order valence-electron chi connectivity index (χ1n) is 8.60. The smallest absolute Gasteiger partial charge is 0.389 e. The van der Waals surface area contributed by atoms with Crippen LogP contribution in [0.3, 0.4) is 0 Å². The summed E-state index contributed by atoms with van der Waals surface area (Å²) >= 11 is 6.02. The molecule has 1 aliphatic rings. The molecule has 0 amide bonds. The maximum absolute atomic E-state index is 12.5. The normalized spacial score (nSPS) is 15.0. The van der Waals surface area contributed by atoms with E-state index in [-0.39, 0.29) is 29.7 Å². The molecule has 0 spiro atoms. The minimum Gasteiger partial charge on any atom is -0.389 e. The first kappa shape index (κ1) is 17.7. The summed E-state index contributed by atoms with van der Waals surface area (Å²) in [5, 5.41) is 18.4. The average Bonchev–Trinajstić information content (AvgIpc) is 3.43. The monoisotopic (exact) mass is 388 g/mol. The zero-order valence-corrected chi connectivity index (χ0v) is 15.0. The number of halogens is 1. The third kappa shape index (κ3) is 3.72. The van der Waals surface area contributed by atoms with E-state index >= 15 is 0 Å². The lowest BCUT2D eigenvalue weighted by Gasteiger charge is -2.14. The van der Waals surface area contributed by atoms with E-state index in [0.717, 1.165) is 17.5 Å². The van der Waals surface area contributed by atoms with Gasteiger partial charge in [0, 0.05) is 11.1 Å². The highest BCUT2D eigenvalue weighted by Gasteiger charge is 2.28. The zero-order chi connectivity index (χ0) is 19.0. The van der Waals surface area contributed by atoms with Crippen molar-refractivity contribution >= 4 is 11.6 Å². The molecule has 0 saturated heterocycles. The summed E-state index contributed by atoms with van der Waals surface area (Å²) in [4.78, 5) is 24.5. The number of hydrogen-bond donors (Lipinski definition) is 1. The summed E-state index contributed by atoms with van der Waals surface area (Å²) in [6.45, 7) is -0.184. The van der Waals surface area contributed by atoms with Crippen LogP contribution in [0.15, 0.2) is 50.5 Å². The molecule has 0 radical (unpaired) electrons. The molecule has 0 bridgehead atoms. The number of rotatable bonds is 6. The Balaban J connectivity index is 1.58. The molecule has 140 valence electrons. The van der Waals surface area contributed by atoms with Gasteiger partial charge in [-0.25, -0.2) is 9.48 Å². The van der Waals surface area contributed by atoms with Crippen LogP contribution in [-0.2, 0) is 13.1 Å². The molecule has 1 saturated carbocycles. The molecule has 3 aromatic rings. The highest BCUT2D eigenvalue weighted by Crippen LogP contribution is 2.38. The van der Waals surface area contributed by atoms with Gasteiger partial charge in [0.05, 0.1) is 19.2 Å². The van der Waals surface area contributed by atoms with Crippen molar-refractivity contribution in [2.45, 2.75) is 38.0 Å². The van der Waals surface area contributed by atoms with Crippen molar-refractivity contribution < 1.29 is 9.63 Å². The van der Waals surface area contributed by atoms with E-state index in [9.17, 15) is 14.7 Å². The summed E-state index contributed by atoms with van der Waals surface area (Å²) < 4.78 is 7.13. The predicted octanol–water partition coefficient (Wildman–Crippen LogP) is 1.65. The third-order valence-electron chi connectivity index (χ3n) is 4.48. The van der Waals surface area contributed by atoms with Crippen LogP contribution in [0.1, 0.15) is 24.3 Å². The molecule has 1 atom stereocenters. The Morgan fingerprint density at radius 3 is 2.67 bits per heavy atom. The number of aliphatic hydroxyl groups excluding tert-OH is 1. The number of hydrogen-bond acceptors (Lipinski definition) is 6. The highest BCUT2D eigenvalue weighted by molar-refractivity contribution is 6.29. The van der Waals surface area contributed by atoms with Gasteiger partial charge < -0.3 is 5.11 Å². The van der Waals surface area contributed by atoms with Gasteiger partial charge >= 0.3 is 5.76 Å². The van der Waals surface area contributed by atoms with Gasteiger partial charge in [-0.1, -0.05) is 47.1 Å². The van der Waals surface area contributed by atoms with Crippen LogP contribution in [0.2, 0.25) is 5.15 Å². The SMILES string of the molecule is O=c1c(C2CC2)cc(Cl)nn1CC(O)Cn1c(-c2ccccc2)noc1=O. The molecular formula is C18H17ClN4O4. The Morgan fingerprint density at radius 2 is 1.96 bits per heavy atom. The highest BCUT2D eigenvalue weighted by atomic mass is 35.5. The van der Waals surface area contributed by atoms with Crippen molar-refractivity contribution in [2.75, 3.05) is 0 Å². The van der Waals surface area contributed by atoms with Crippen molar-refractivity contribution in [3.63, 3.8) is 0 Å². The average molecular weight is 389 g/mol. The van der Waals surface area contributed by atoms with Gasteiger partial charge in [-0.3, -0.25) is 13.9 Å². The summed E-state index contributed by atoms with van der Waals surface area (Å²) in [5.74, 6) is -0.158. The Hall–Kier alpha value is -2.71. The van der Waals surface area contributed by atoms with Crippen molar-refractivity contribution in [2.24, 2.45) is 0 Å². The second kappa shape index (κ2) is 7.13. The first-order valence-corrected chi connectivity index (χ1v) is 8.98. The maximum atomic E-state index is 12.5. The van der Waals surface area contributed by atoms with Crippen molar-refractivity contribution in [3.05, 3.63) is 68.0 Å². The predicted molar refractivity (Wildman–Crippen MR) is 97.7 cm³/mol. The largest absolute Gasteiger partial charge is 0.441 e. The Morgan fingerprint density at radius 1 is 1.22 bits per heavy atom. The van der Waals surface area contributed by atoms with Crippen LogP contribution in [-0.4, -0.2) is 30.7 Å². The molecular weight excluding hydrogens is 372 g/mol. The lowest BCUT2D eigenvalue weighted by molar-refractivity contribution is 0.126. The Bertz CT molecular complexity index is 1070. The first-order chi connectivity index (χ1) is 13.0. The molecule has 1 aromatic carbocycles. The van der Waals surface area contributed by atoms with Crippen molar-refractivity contribution in [1.82, 2.24) is 19.5 Å². The number of nitrogens with zero attached hydrogens (tertiary/aromatic N) is 4. The van der Waals surface area contributed by atoms with E-state index in [1.807, 2.05) is 18.2 Å². The zero-order valence-electron chi connectivity index (χ0n) is 14.3. The van der Waals surface area contributed by atoms with Gasteiger partial charge in [0.2, 0.25) is 0 Å². The van der Waals surface area contributed by atoms with Crippen LogP contribution in [0.5, 0.6) is 0 Å². The molecule has 8 nitrogen and oxygen atoms in total. The van der Waals surface area contributed by atoms with Crippen molar-refractivity contribution in [1.29, 1.82) is 0 Å². The standard InChI is InChI=1S/C18H17ClN4O4/c19-15-8-14(11-6-7-11)17(25)23(20-15)10-13(24)9-22-16(21-27-18(22)26)12-4-2-1-3-5-12/h1-5,8,11,13,24H,6-7,9-10H2. The lowest BCUT2D eigenvalue weighted by atomic mass is 10.2. The Labute approximate surface area is 158 Å². The topological polar surface area (TPSA) is 103 Å². The molecule has 0 aliphatic heterocycles. The molecule has 27 heavy (non-hydrogen) atoms. The quantitative estimate of drug-likeness (QED) is 0.688. The van der Waals surface area contributed by atoms with Crippen molar-refractivity contribution in [3.8, 4) is 11.4 Å². The number of benzene rings is 1. The van der Waals surface area contributed by atoms with Gasteiger partial charge in [0.1, 0.15) is 5.15 Å². The summed E-state index contributed by atoms with van der Waals surface area (Å²) in [5.41, 5.74) is 1.04. The van der Waals surface area contributed by atoms with E-state index in [0.29, 0.717) is 17.0 Å². The van der Waals surface area contributed by atoms with Gasteiger partial charge in [0.15, 0.2) is 5.82 Å². The summed E-state index contributed by atoms with van der Waals surface area (Å²) in [6.07, 6.45) is 0.851. The molecule has 1 fully saturated rings.